The molecule has 6 heteroatoms. The fourth-order valence-corrected chi connectivity index (χ4v) is 2.46. The topological polar surface area (TPSA) is 38.5 Å². The molecule has 0 saturated carbocycles. The first kappa shape index (κ1) is 17.8. The van der Waals surface area contributed by atoms with E-state index in [0.717, 1.165) is 23.7 Å². The fourth-order valence-electron chi connectivity index (χ4n) is 2.46. The van der Waals surface area contributed by atoms with Gasteiger partial charge in [0, 0.05) is 17.8 Å². The van der Waals surface area contributed by atoms with Crippen molar-refractivity contribution in [1.29, 1.82) is 0 Å². The van der Waals surface area contributed by atoms with Crippen molar-refractivity contribution < 1.29 is 9.15 Å². The molecule has 1 aliphatic heterocycles. The Balaban J connectivity index is 0.00000110. The molecule has 116 valence electrons. The van der Waals surface area contributed by atoms with Gasteiger partial charge in [-0.25, -0.2) is 0 Å². The summed E-state index contributed by atoms with van der Waals surface area (Å²) in [5.41, 5.74) is 0.947. The van der Waals surface area contributed by atoms with E-state index in [9.17, 15) is 0 Å². The zero-order valence-electron chi connectivity index (χ0n) is 11.9. The van der Waals surface area contributed by atoms with Crippen LogP contribution in [0.5, 0.6) is 5.75 Å². The van der Waals surface area contributed by atoms with Crippen molar-refractivity contribution in [2.45, 2.75) is 18.9 Å². The first-order chi connectivity index (χ1) is 9.33. The summed E-state index contributed by atoms with van der Waals surface area (Å²) < 4.78 is 11.2. The zero-order valence-corrected chi connectivity index (χ0v) is 13.5. The summed E-state index contributed by atoms with van der Waals surface area (Å²) in [7, 11) is 2.15. The monoisotopic (exact) mass is 330 g/mol. The van der Waals surface area contributed by atoms with Crippen LogP contribution < -0.4 is 4.74 Å². The van der Waals surface area contributed by atoms with E-state index in [1.165, 1.54) is 19.4 Å². The lowest BCUT2D eigenvalue weighted by atomic mass is 10.2. The van der Waals surface area contributed by atoms with Crippen LogP contribution >= 0.6 is 24.8 Å². The maximum Gasteiger partial charge on any atom is 0.138 e. The standard InChI is InChI=1S/C15H18N2O2.2ClH/c1-17-6-2-4-13(17)11-19-14-8-12(9-16-10-14)15-5-3-7-18-15;;/h3,5,7-10,13H,2,4,6,11H2,1H3;2*1H. The molecule has 4 nitrogen and oxygen atoms in total. The number of ether oxygens (including phenoxy) is 1. The second kappa shape index (κ2) is 8.27. The number of likely N-dealkylation sites (tertiary alicyclic amines) is 1. The molecule has 1 aliphatic rings. The molecule has 0 spiro atoms. The van der Waals surface area contributed by atoms with Gasteiger partial charge in [-0.3, -0.25) is 4.98 Å². The number of pyridine rings is 1. The molecule has 1 saturated heterocycles. The van der Waals surface area contributed by atoms with Crippen LogP contribution in [0.25, 0.3) is 11.3 Å². The number of furan rings is 1. The van der Waals surface area contributed by atoms with Crippen molar-refractivity contribution in [3.63, 3.8) is 0 Å². The summed E-state index contributed by atoms with van der Waals surface area (Å²) >= 11 is 0. The number of halogens is 2. The lowest BCUT2D eigenvalue weighted by Gasteiger charge is -2.19. The van der Waals surface area contributed by atoms with Gasteiger partial charge in [-0.2, -0.15) is 0 Å². The van der Waals surface area contributed by atoms with Crippen LogP contribution in [0.1, 0.15) is 12.8 Å². The van der Waals surface area contributed by atoms with Gasteiger partial charge in [-0.15, -0.1) is 24.8 Å². The molecule has 0 amide bonds. The minimum atomic E-state index is 0. The predicted molar refractivity (Wildman–Crippen MR) is 87.6 cm³/mol. The van der Waals surface area contributed by atoms with Gasteiger partial charge in [0.05, 0.1) is 12.5 Å². The molecule has 2 aromatic heterocycles. The van der Waals surface area contributed by atoms with Gasteiger partial charge in [-0.05, 0) is 44.6 Å². The average Bonchev–Trinajstić information content (AvgIpc) is 3.08. The van der Waals surface area contributed by atoms with Gasteiger partial charge >= 0.3 is 0 Å². The van der Waals surface area contributed by atoms with Gasteiger partial charge in [-0.1, -0.05) is 0 Å². The van der Waals surface area contributed by atoms with Crippen LogP contribution in [0.4, 0.5) is 0 Å². The number of nitrogens with zero attached hydrogens (tertiary/aromatic N) is 2. The lowest BCUT2D eigenvalue weighted by molar-refractivity contribution is 0.198. The zero-order chi connectivity index (χ0) is 13.1. The highest BCUT2D eigenvalue weighted by Crippen LogP contribution is 2.23. The van der Waals surface area contributed by atoms with Crippen molar-refractivity contribution in [3.8, 4) is 17.1 Å². The fraction of sp³-hybridized carbons (Fsp3) is 0.400. The highest BCUT2D eigenvalue weighted by Gasteiger charge is 2.21. The molecule has 3 rings (SSSR count). The molecule has 1 unspecified atom stereocenters. The Morgan fingerprint density at radius 3 is 2.90 bits per heavy atom. The molecule has 1 fully saturated rings. The Hall–Kier alpha value is -1.23. The van der Waals surface area contributed by atoms with Crippen molar-refractivity contribution >= 4 is 24.8 Å². The number of hydrogen-bond donors (Lipinski definition) is 0. The normalized spacial score (nSPS) is 17.9. The largest absolute Gasteiger partial charge is 0.490 e. The molecule has 21 heavy (non-hydrogen) atoms. The van der Waals surface area contributed by atoms with Gasteiger partial charge < -0.3 is 14.1 Å². The van der Waals surface area contributed by atoms with Crippen molar-refractivity contribution in [3.05, 3.63) is 36.9 Å². The number of rotatable bonds is 4. The van der Waals surface area contributed by atoms with E-state index in [0.29, 0.717) is 6.04 Å². The van der Waals surface area contributed by atoms with E-state index in [4.69, 9.17) is 9.15 Å². The van der Waals surface area contributed by atoms with Crippen LogP contribution in [-0.2, 0) is 0 Å². The molecule has 2 aromatic rings. The van der Waals surface area contributed by atoms with Crippen LogP contribution in [-0.4, -0.2) is 36.1 Å². The van der Waals surface area contributed by atoms with Gasteiger partial charge in [0.25, 0.3) is 0 Å². The van der Waals surface area contributed by atoms with Crippen molar-refractivity contribution in [2.75, 3.05) is 20.2 Å². The second-order valence-electron chi connectivity index (χ2n) is 4.97. The highest BCUT2D eigenvalue weighted by molar-refractivity contribution is 5.85. The Labute approximate surface area is 137 Å². The summed E-state index contributed by atoms with van der Waals surface area (Å²) in [6.45, 7) is 1.89. The molecule has 3 heterocycles. The Morgan fingerprint density at radius 1 is 1.38 bits per heavy atom. The molecule has 1 atom stereocenters. The summed E-state index contributed by atoms with van der Waals surface area (Å²) in [5.74, 6) is 1.62. The molecule has 0 aromatic carbocycles. The number of aromatic nitrogens is 1. The SMILES string of the molecule is CN1CCCC1COc1cncc(-c2ccco2)c1.Cl.Cl. The summed E-state index contributed by atoms with van der Waals surface area (Å²) in [6.07, 6.45) is 7.67. The lowest BCUT2D eigenvalue weighted by Crippen LogP contribution is -2.30. The summed E-state index contributed by atoms with van der Waals surface area (Å²) in [4.78, 5) is 6.56. The first-order valence-corrected chi connectivity index (χ1v) is 6.65. The minimum Gasteiger partial charge on any atom is -0.490 e. The highest BCUT2D eigenvalue weighted by atomic mass is 35.5. The van der Waals surface area contributed by atoms with Crippen molar-refractivity contribution in [1.82, 2.24) is 9.88 Å². The third-order valence-electron chi connectivity index (χ3n) is 3.63. The summed E-state index contributed by atoms with van der Waals surface area (Å²) in [6, 6.07) is 6.29. The van der Waals surface area contributed by atoms with Crippen LogP contribution in [0.15, 0.2) is 41.3 Å². The Morgan fingerprint density at radius 2 is 2.24 bits per heavy atom. The van der Waals surface area contributed by atoms with E-state index in [-0.39, 0.29) is 24.8 Å². The van der Waals surface area contributed by atoms with Crippen LogP contribution in [0, 0.1) is 0 Å². The molecule has 0 aliphatic carbocycles. The van der Waals surface area contributed by atoms with E-state index in [1.54, 1.807) is 18.7 Å². The second-order valence-corrected chi connectivity index (χ2v) is 4.97. The smallest absolute Gasteiger partial charge is 0.138 e. The number of hydrogen-bond acceptors (Lipinski definition) is 4. The molecule has 0 N–H and O–H groups in total. The van der Waals surface area contributed by atoms with Crippen molar-refractivity contribution in [2.24, 2.45) is 0 Å². The van der Waals surface area contributed by atoms with Crippen LogP contribution in [0.2, 0.25) is 0 Å². The predicted octanol–water partition coefficient (Wildman–Crippen LogP) is 3.66. The maximum absolute atomic E-state index is 5.85. The molecular formula is C15H20Cl2N2O2. The summed E-state index contributed by atoms with van der Waals surface area (Å²) in [5, 5.41) is 0. The quantitative estimate of drug-likeness (QED) is 0.857. The van der Waals surface area contributed by atoms with Crippen LogP contribution in [0.3, 0.4) is 0 Å². The molecule has 0 radical (unpaired) electrons. The Bertz CT molecular complexity index is 534. The maximum atomic E-state index is 5.85. The minimum absolute atomic E-state index is 0. The van der Waals surface area contributed by atoms with Gasteiger partial charge in [0.2, 0.25) is 0 Å². The Kier molecular flexibility index (Phi) is 7.02. The van der Waals surface area contributed by atoms with Gasteiger partial charge in [0.15, 0.2) is 0 Å². The van der Waals surface area contributed by atoms with E-state index >= 15 is 0 Å². The van der Waals surface area contributed by atoms with E-state index in [1.807, 2.05) is 18.2 Å². The first-order valence-electron chi connectivity index (χ1n) is 6.65. The third-order valence-corrected chi connectivity index (χ3v) is 3.63. The van der Waals surface area contributed by atoms with Gasteiger partial charge in [0.1, 0.15) is 18.1 Å². The average molecular weight is 331 g/mol. The third kappa shape index (κ3) is 4.37. The molecular weight excluding hydrogens is 311 g/mol. The number of likely N-dealkylation sites (N-methyl/N-ethyl adjacent to an activating group) is 1. The van der Waals surface area contributed by atoms with E-state index < -0.39 is 0 Å². The molecule has 0 bridgehead atoms. The van der Waals surface area contributed by atoms with E-state index in [2.05, 4.69) is 16.9 Å².